The quantitative estimate of drug-likeness (QED) is 0.713. The van der Waals surface area contributed by atoms with Crippen LogP contribution in [0, 0.1) is 0 Å². The molecule has 0 aliphatic heterocycles. The van der Waals surface area contributed by atoms with Gasteiger partial charge in [-0.25, -0.2) is 4.98 Å². The topological polar surface area (TPSA) is 24.9 Å². The third-order valence-electron chi connectivity index (χ3n) is 1.08. The number of anilines is 1. The second-order valence-corrected chi connectivity index (χ2v) is 2.54. The van der Waals surface area contributed by atoms with Gasteiger partial charge in [-0.15, -0.1) is 0 Å². The molecule has 0 aliphatic carbocycles. The third kappa shape index (κ3) is 3.28. The zero-order chi connectivity index (χ0) is 9.56. The lowest BCUT2D eigenvalue weighted by molar-refractivity contribution is 1.31. The summed E-state index contributed by atoms with van der Waals surface area (Å²) in [5, 5.41) is 3.87. The number of rotatable bonds is 1. The molecule has 0 saturated heterocycles. The number of nitrogens with zero attached hydrogens (tertiary/aromatic N) is 1. The monoisotopic (exact) mass is 206 g/mol. The molecule has 0 aromatic carbocycles. The van der Waals surface area contributed by atoms with E-state index in [4.69, 9.17) is 23.2 Å². The predicted molar refractivity (Wildman–Crippen MR) is 55.2 cm³/mol. The van der Waals surface area contributed by atoms with Crippen LogP contribution >= 0.6 is 23.2 Å². The average molecular weight is 207 g/mol. The lowest BCUT2D eigenvalue weighted by Crippen LogP contribution is -1.90. The second-order valence-electron chi connectivity index (χ2n) is 1.74. The summed E-state index contributed by atoms with van der Waals surface area (Å²) >= 11 is 11.3. The fourth-order valence-corrected chi connectivity index (χ4v) is 0.954. The number of halogens is 2. The molecule has 0 saturated carbocycles. The van der Waals surface area contributed by atoms with Crippen molar-refractivity contribution >= 4 is 28.9 Å². The lowest BCUT2D eigenvalue weighted by Gasteiger charge is -2.00. The van der Waals surface area contributed by atoms with Gasteiger partial charge < -0.3 is 5.32 Å². The molecule has 1 aromatic heterocycles. The molecular formula is C8H12Cl2N2. The minimum Gasteiger partial charge on any atom is -0.386 e. The molecule has 68 valence electrons. The maximum Gasteiger partial charge on any atom is 0.152 e. The number of nitrogens with one attached hydrogen (secondary N) is 1. The summed E-state index contributed by atoms with van der Waals surface area (Å²) in [6, 6.07) is 1.72. The van der Waals surface area contributed by atoms with Crippen LogP contribution in [0.5, 0.6) is 0 Å². The van der Waals surface area contributed by atoms with Gasteiger partial charge in [0.25, 0.3) is 0 Å². The molecule has 0 unspecified atom stereocenters. The van der Waals surface area contributed by atoms with Gasteiger partial charge in [0.05, 0.1) is 10.7 Å². The Hall–Kier alpha value is -0.470. The summed E-state index contributed by atoms with van der Waals surface area (Å²) in [6.45, 7) is 4.00. The summed E-state index contributed by atoms with van der Waals surface area (Å²) < 4.78 is 0. The molecule has 12 heavy (non-hydrogen) atoms. The highest BCUT2D eigenvalue weighted by Crippen LogP contribution is 2.21. The molecule has 1 rings (SSSR count). The van der Waals surface area contributed by atoms with Gasteiger partial charge >= 0.3 is 0 Å². The van der Waals surface area contributed by atoms with Gasteiger partial charge in [-0.2, -0.15) is 0 Å². The van der Waals surface area contributed by atoms with E-state index in [1.165, 1.54) is 6.20 Å². The second kappa shape index (κ2) is 6.09. The maximum atomic E-state index is 5.66. The summed E-state index contributed by atoms with van der Waals surface area (Å²) in [7, 11) is 1.76. The minimum atomic E-state index is 0.437. The molecule has 1 N–H and O–H groups in total. The highest BCUT2D eigenvalue weighted by atomic mass is 35.5. The summed E-state index contributed by atoms with van der Waals surface area (Å²) in [6.07, 6.45) is 1.50. The van der Waals surface area contributed by atoms with Crippen LogP contribution in [-0.4, -0.2) is 12.0 Å². The Morgan fingerprint density at radius 2 is 1.92 bits per heavy atom. The van der Waals surface area contributed by atoms with Gasteiger partial charge in [0.15, 0.2) is 5.15 Å². The van der Waals surface area contributed by atoms with Gasteiger partial charge in [-0.3, -0.25) is 0 Å². The van der Waals surface area contributed by atoms with Crippen LogP contribution in [0.1, 0.15) is 13.8 Å². The van der Waals surface area contributed by atoms with Gasteiger partial charge in [0.1, 0.15) is 0 Å². The number of hydrogen-bond donors (Lipinski definition) is 1. The molecule has 2 nitrogen and oxygen atoms in total. The van der Waals surface area contributed by atoms with Crippen LogP contribution in [0.3, 0.4) is 0 Å². The average Bonchev–Trinajstić information content (AvgIpc) is 2.13. The van der Waals surface area contributed by atoms with E-state index in [1.807, 2.05) is 13.8 Å². The first kappa shape index (κ1) is 11.5. The van der Waals surface area contributed by atoms with Crippen LogP contribution in [0.2, 0.25) is 10.2 Å². The first-order chi connectivity index (χ1) is 5.74. The van der Waals surface area contributed by atoms with Crippen molar-refractivity contribution in [3.63, 3.8) is 0 Å². The molecule has 1 heterocycles. The van der Waals surface area contributed by atoms with E-state index >= 15 is 0 Å². The molecule has 0 amide bonds. The summed E-state index contributed by atoms with van der Waals surface area (Å²) in [4.78, 5) is 3.82. The largest absolute Gasteiger partial charge is 0.386 e. The summed E-state index contributed by atoms with van der Waals surface area (Å²) in [5.74, 6) is 0. The third-order valence-corrected chi connectivity index (χ3v) is 1.58. The van der Waals surface area contributed by atoms with E-state index < -0.39 is 0 Å². The standard InChI is InChI=1S/C6H6Cl2N2.C2H6/c1-9-5-2-4(7)3-10-6(5)8;1-2/h2-3,9H,1H3;1-2H3. The molecule has 0 atom stereocenters. The first-order valence-corrected chi connectivity index (χ1v) is 4.48. The highest BCUT2D eigenvalue weighted by Gasteiger charge is 1.98. The van der Waals surface area contributed by atoms with Crippen LogP contribution in [-0.2, 0) is 0 Å². The first-order valence-electron chi connectivity index (χ1n) is 3.73. The van der Waals surface area contributed by atoms with Crippen LogP contribution in [0.4, 0.5) is 5.69 Å². The van der Waals surface area contributed by atoms with E-state index in [9.17, 15) is 0 Å². The van der Waals surface area contributed by atoms with Crippen molar-refractivity contribution in [2.75, 3.05) is 12.4 Å². The number of pyridine rings is 1. The van der Waals surface area contributed by atoms with Gasteiger partial charge in [0, 0.05) is 13.2 Å². The Morgan fingerprint density at radius 3 is 2.33 bits per heavy atom. The Morgan fingerprint density at radius 1 is 1.33 bits per heavy atom. The molecule has 0 fully saturated rings. The minimum absolute atomic E-state index is 0.437. The highest BCUT2D eigenvalue weighted by molar-refractivity contribution is 6.34. The normalized spacial score (nSPS) is 8.42. The van der Waals surface area contributed by atoms with Crippen molar-refractivity contribution in [3.8, 4) is 0 Å². The molecular weight excluding hydrogens is 195 g/mol. The van der Waals surface area contributed by atoms with Gasteiger partial charge in [-0.05, 0) is 6.07 Å². The lowest BCUT2D eigenvalue weighted by atomic mass is 10.4. The molecule has 0 radical (unpaired) electrons. The number of hydrogen-bond acceptors (Lipinski definition) is 2. The van der Waals surface area contributed by atoms with E-state index in [1.54, 1.807) is 13.1 Å². The molecule has 4 heteroatoms. The smallest absolute Gasteiger partial charge is 0.152 e. The van der Waals surface area contributed by atoms with Gasteiger partial charge in [0.2, 0.25) is 0 Å². The van der Waals surface area contributed by atoms with Crippen LogP contribution < -0.4 is 5.32 Å². The molecule has 0 spiro atoms. The van der Waals surface area contributed by atoms with Crippen molar-refractivity contribution in [2.45, 2.75) is 13.8 Å². The fourth-order valence-electron chi connectivity index (χ4n) is 0.598. The Bertz CT molecular complexity index is 238. The van der Waals surface area contributed by atoms with Crippen LogP contribution in [0.15, 0.2) is 12.3 Å². The number of aromatic nitrogens is 1. The Labute approximate surface area is 82.9 Å². The van der Waals surface area contributed by atoms with E-state index in [2.05, 4.69) is 10.3 Å². The Balaban J connectivity index is 0.000000561. The predicted octanol–water partition coefficient (Wildman–Crippen LogP) is 3.46. The van der Waals surface area contributed by atoms with E-state index in [0.29, 0.717) is 10.2 Å². The van der Waals surface area contributed by atoms with Crippen molar-refractivity contribution in [1.82, 2.24) is 4.98 Å². The zero-order valence-corrected chi connectivity index (χ0v) is 8.87. The fraction of sp³-hybridized carbons (Fsp3) is 0.375. The Kier molecular flexibility index (Phi) is 5.85. The molecule has 1 aromatic rings. The van der Waals surface area contributed by atoms with Crippen molar-refractivity contribution in [1.29, 1.82) is 0 Å². The van der Waals surface area contributed by atoms with E-state index in [0.717, 1.165) is 5.69 Å². The molecule has 0 bridgehead atoms. The van der Waals surface area contributed by atoms with Crippen molar-refractivity contribution in [3.05, 3.63) is 22.4 Å². The van der Waals surface area contributed by atoms with Gasteiger partial charge in [-0.1, -0.05) is 37.0 Å². The zero-order valence-electron chi connectivity index (χ0n) is 7.36. The van der Waals surface area contributed by atoms with Crippen molar-refractivity contribution < 1.29 is 0 Å². The van der Waals surface area contributed by atoms with E-state index in [-0.39, 0.29) is 0 Å². The SMILES string of the molecule is CC.CNc1cc(Cl)cnc1Cl. The maximum absolute atomic E-state index is 5.66. The van der Waals surface area contributed by atoms with Crippen LogP contribution in [0.25, 0.3) is 0 Å². The van der Waals surface area contributed by atoms with Crippen molar-refractivity contribution in [2.24, 2.45) is 0 Å². The summed E-state index contributed by atoms with van der Waals surface area (Å²) in [5.41, 5.74) is 0.745. The molecule has 0 aliphatic rings.